The molecular weight excluding hydrogens is 402 g/mol. The number of anilines is 1. The van der Waals surface area contributed by atoms with Gasteiger partial charge < -0.3 is 15.0 Å². The summed E-state index contributed by atoms with van der Waals surface area (Å²) in [5, 5.41) is 0. The molecule has 1 saturated carbocycles. The molecule has 5 rings (SSSR count). The average molecular weight is 428 g/mol. The highest BCUT2D eigenvalue weighted by molar-refractivity contribution is 7.89. The summed E-state index contributed by atoms with van der Waals surface area (Å²) in [6.07, 6.45) is 8.29. The number of rotatable bonds is 5. The highest BCUT2D eigenvalue weighted by Crippen LogP contribution is 2.39. The lowest BCUT2D eigenvalue weighted by molar-refractivity contribution is 0.0763. The maximum absolute atomic E-state index is 13.5. The Morgan fingerprint density at radius 2 is 1.70 bits per heavy atom. The van der Waals surface area contributed by atoms with E-state index >= 15 is 0 Å². The van der Waals surface area contributed by atoms with Crippen LogP contribution in [0.2, 0.25) is 0 Å². The van der Waals surface area contributed by atoms with Crippen LogP contribution in [0.4, 0.5) is 5.82 Å². The Labute approximate surface area is 175 Å². The smallest absolute Gasteiger partial charge is 0.249 e. The van der Waals surface area contributed by atoms with E-state index in [2.05, 4.69) is 9.97 Å². The Kier molecular flexibility index (Phi) is 4.86. The fraction of sp³-hybridized carbons (Fsp3) is 0.429. The van der Waals surface area contributed by atoms with E-state index in [-0.39, 0.29) is 35.9 Å². The summed E-state index contributed by atoms with van der Waals surface area (Å²) in [4.78, 5) is 8.87. The summed E-state index contributed by atoms with van der Waals surface area (Å²) in [5.41, 5.74) is 7.36. The second-order valence-corrected chi connectivity index (χ2v) is 9.85. The highest BCUT2D eigenvalue weighted by atomic mass is 32.2. The zero-order valence-electron chi connectivity index (χ0n) is 16.6. The lowest BCUT2D eigenvalue weighted by atomic mass is 9.95. The van der Waals surface area contributed by atoms with E-state index < -0.39 is 10.0 Å². The van der Waals surface area contributed by atoms with Crippen LogP contribution < -0.4 is 10.5 Å². The molecule has 3 aromatic rings. The number of nitrogen functional groups attached to an aromatic ring is 1. The van der Waals surface area contributed by atoms with Gasteiger partial charge in [0.1, 0.15) is 23.2 Å². The monoisotopic (exact) mass is 427 g/mol. The Bertz CT molecular complexity index is 1150. The van der Waals surface area contributed by atoms with Crippen molar-refractivity contribution in [3.63, 3.8) is 0 Å². The molecule has 1 aliphatic heterocycles. The van der Waals surface area contributed by atoms with Crippen molar-refractivity contribution in [2.45, 2.75) is 49.1 Å². The van der Waals surface area contributed by atoms with E-state index in [4.69, 9.17) is 10.5 Å². The molecule has 8 nitrogen and oxygen atoms in total. The van der Waals surface area contributed by atoms with Crippen molar-refractivity contribution >= 4 is 27.0 Å². The summed E-state index contributed by atoms with van der Waals surface area (Å²) in [6, 6.07) is 9.58. The molecule has 3 heterocycles. The van der Waals surface area contributed by atoms with Crippen LogP contribution in [0.25, 0.3) is 11.2 Å². The van der Waals surface area contributed by atoms with Gasteiger partial charge in [-0.1, -0.05) is 37.5 Å². The fourth-order valence-corrected chi connectivity index (χ4v) is 6.20. The topological polar surface area (TPSA) is 103 Å². The van der Waals surface area contributed by atoms with Gasteiger partial charge in [0.05, 0.1) is 13.1 Å². The van der Waals surface area contributed by atoms with Gasteiger partial charge in [-0.3, -0.25) is 0 Å². The van der Waals surface area contributed by atoms with E-state index in [1.165, 1.54) is 16.9 Å². The third-order valence-corrected chi connectivity index (χ3v) is 7.91. The van der Waals surface area contributed by atoms with Crippen LogP contribution in [-0.4, -0.2) is 46.5 Å². The zero-order chi connectivity index (χ0) is 20.7. The van der Waals surface area contributed by atoms with E-state index in [0.717, 1.165) is 31.4 Å². The number of para-hydroxylation sites is 1. The number of ether oxygens (including phenoxy) is 1. The predicted molar refractivity (Wildman–Crippen MR) is 114 cm³/mol. The Morgan fingerprint density at radius 1 is 1.00 bits per heavy atom. The maximum Gasteiger partial charge on any atom is 0.249 e. The first-order valence-electron chi connectivity index (χ1n) is 10.4. The molecule has 0 unspecified atom stereocenters. The van der Waals surface area contributed by atoms with E-state index in [0.29, 0.717) is 11.2 Å². The van der Waals surface area contributed by atoms with Gasteiger partial charge in [-0.25, -0.2) is 18.4 Å². The van der Waals surface area contributed by atoms with Crippen molar-refractivity contribution in [2.75, 3.05) is 18.8 Å². The zero-order valence-corrected chi connectivity index (χ0v) is 17.5. The van der Waals surface area contributed by atoms with Gasteiger partial charge in [-0.05, 0) is 25.0 Å². The highest BCUT2D eigenvalue weighted by Gasteiger charge is 2.42. The standard InChI is InChI=1S/C21H25N5O3S/c22-20-19(18-21(24-12-11-23-18)26(20)15-7-3-1-4-8-15)30(27,28)25-13-17(14-25)29-16-9-5-2-6-10-16/h2,5-6,9-12,15,17H,1,3-4,7-8,13-14,22H2. The SMILES string of the molecule is Nc1c(S(=O)(=O)N2CC(Oc3ccccc3)C2)c2nccnc2n1C1CCCCC1. The maximum atomic E-state index is 13.5. The minimum atomic E-state index is -3.80. The first kappa shape index (κ1) is 19.3. The molecule has 1 aromatic carbocycles. The van der Waals surface area contributed by atoms with Crippen LogP contribution in [0.15, 0.2) is 47.6 Å². The number of hydrogen-bond donors (Lipinski definition) is 1. The largest absolute Gasteiger partial charge is 0.488 e. The van der Waals surface area contributed by atoms with Crippen molar-refractivity contribution in [1.29, 1.82) is 0 Å². The van der Waals surface area contributed by atoms with Gasteiger partial charge in [0.2, 0.25) is 10.0 Å². The van der Waals surface area contributed by atoms with E-state index in [1.807, 2.05) is 34.9 Å². The number of nitrogens with zero attached hydrogens (tertiary/aromatic N) is 4. The quantitative estimate of drug-likeness (QED) is 0.671. The van der Waals surface area contributed by atoms with Crippen molar-refractivity contribution in [2.24, 2.45) is 0 Å². The van der Waals surface area contributed by atoms with Crippen LogP contribution in [0.3, 0.4) is 0 Å². The molecule has 0 amide bonds. The van der Waals surface area contributed by atoms with Gasteiger partial charge in [-0.2, -0.15) is 4.31 Å². The second kappa shape index (κ2) is 7.55. The molecular formula is C21H25N5O3S. The Balaban J connectivity index is 1.45. The number of nitrogens with two attached hydrogens (primary N) is 1. The summed E-state index contributed by atoms with van der Waals surface area (Å²) >= 11 is 0. The minimum Gasteiger partial charge on any atom is -0.488 e. The van der Waals surface area contributed by atoms with E-state index in [1.54, 1.807) is 6.20 Å². The van der Waals surface area contributed by atoms with Crippen molar-refractivity contribution in [3.8, 4) is 5.75 Å². The van der Waals surface area contributed by atoms with Crippen molar-refractivity contribution in [3.05, 3.63) is 42.7 Å². The molecule has 0 radical (unpaired) electrons. The molecule has 30 heavy (non-hydrogen) atoms. The molecule has 1 aliphatic carbocycles. The summed E-state index contributed by atoms with van der Waals surface area (Å²) in [5.74, 6) is 0.981. The average Bonchev–Trinajstić information content (AvgIpc) is 3.04. The van der Waals surface area contributed by atoms with Gasteiger partial charge >= 0.3 is 0 Å². The number of sulfonamides is 1. The molecule has 9 heteroatoms. The van der Waals surface area contributed by atoms with Crippen LogP contribution >= 0.6 is 0 Å². The first-order valence-corrected chi connectivity index (χ1v) is 11.8. The third-order valence-electron chi connectivity index (χ3n) is 6.01. The summed E-state index contributed by atoms with van der Waals surface area (Å²) in [7, 11) is -3.80. The minimum absolute atomic E-state index is 0.0781. The lowest BCUT2D eigenvalue weighted by Crippen LogP contribution is -2.56. The molecule has 0 bridgehead atoms. The Hall–Kier alpha value is -2.65. The van der Waals surface area contributed by atoms with Crippen LogP contribution in [0, 0.1) is 0 Å². The Morgan fingerprint density at radius 3 is 2.43 bits per heavy atom. The van der Waals surface area contributed by atoms with Crippen LogP contribution in [0.1, 0.15) is 38.1 Å². The second-order valence-electron chi connectivity index (χ2n) is 7.98. The normalized spacial score (nSPS) is 19.1. The number of hydrogen-bond acceptors (Lipinski definition) is 6. The van der Waals surface area contributed by atoms with Gasteiger partial charge in [0, 0.05) is 18.4 Å². The van der Waals surface area contributed by atoms with Crippen LogP contribution in [-0.2, 0) is 10.0 Å². The lowest BCUT2D eigenvalue weighted by Gasteiger charge is -2.37. The molecule has 0 atom stereocenters. The molecule has 2 fully saturated rings. The van der Waals surface area contributed by atoms with E-state index in [9.17, 15) is 8.42 Å². The molecule has 1 saturated heterocycles. The molecule has 2 N–H and O–H groups in total. The summed E-state index contributed by atoms with van der Waals surface area (Å²) < 4.78 is 36.1. The number of aromatic nitrogens is 3. The predicted octanol–water partition coefficient (Wildman–Crippen LogP) is 2.97. The third kappa shape index (κ3) is 3.22. The number of fused-ring (bicyclic) bond motifs is 1. The summed E-state index contributed by atoms with van der Waals surface area (Å²) in [6.45, 7) is 0.570. The molecule has 0 spiro atoms. The van der Waals surface area contributed by atoms with Crippen molar-refractivity contribution < 1.29 is 13.2 Å². The fourth-order valence-electron chi connectivity index (χ4n) is 4.47. The van der Waals surface area contributed by atoms with Crippen LogP contribution in [0.5, 0.6) is 5.75 Å². The number of benzene rings is 1. The van der Waals surface area contributed by atoms with Gasteiger partial charge in [-0.15, -0.1) is 0 Å². The molecule has 2 aliphatic rings. The van der Waals surface area contributed by atoms with Crippen molar-refractivity contribution in [1.82, 2.24) is 18.8 Å². The first-order chi connectivity index (χ1) is 14.6. The molecule has 2 aromatic heterocycles. The van der Waals surface area contributed by atoms with Gasteiger partial charge in [0.15, 0.2) is 10.5 Å². The van der Waals surface area contributed by atoms with Gasteiger partial charge in [0.25, 0.3) is 0 Å². The molecule has 158 valence electrons.